The van der Waals surface area contributed by atoms with Gasteiger partial charge in [0.05, 0.1) is 6.54 Å². The minimum Gasteiger partial charge on any atom is -0.410 e. The first-order valence-electron chi connectivity index (χ1n) is 5.84. The first kappa shape index (κ1) is 12.8. The molecule has 4 nitrogen and oxygen atoms in total. The van der Waals surface area contributed by atoms with Crippen molar-refractivity contribution in [2.24, 2.45) is 0 Å². The highest BCUT2D eigenvalue weighted by molar-refractivity contribution is 5.98. The Morgan fingerprint density at radius 3 is 2.11 bits per heavy atom. The summed E-state index contributed by atoms with van der Waals surface area (Å²) in [6.07, 6.45) is -0.643. The van der Waals surface area contributed by atoms with E-state index in [9.17, 15) is 9.59 Å². The number of para-hydroxylation sites is 1. The van der Waals surface area contributed by atoms with Crippen molar-refractivity contribution >= 4 is 11.9 Å². The fraction of sp³-hybridized carbons (Fsp3) is 0.0667. The Labute approximate surface area is 111 Å². The maximum atomic E-state index is 11.7. The Morgan fingerprint density at radius 2 is 1.47 bits per heavy atom. The third-order valence-electron chi connectivity index (χ3n) is 2.44. The van der Waals surface area contributed by atoms with Crippen LogP contribution >= 0.6 is 0 Å². The molecule has 96 valence electrons. The summed E-state index contributed by atoms with van der Waals surface area (Å²) in [5.74, 6) is 0.276. The Bertz CT molecular complexity index is 552. The van der Waals surface area contributed by atoms with Crippen molar-refractivity contribution in [3.05, 3.63) is 66.2 Å². The van der Waals surface area contributed by atoms with E-state index in [0.29, 0.717) is 11.3 Å². The van der Waals surface area contributed by atoms with Gasteiger partial charge < -0.3 is 10.1 Å². The molecule has 0 fully saturated rings. The van der Waals surface area contributed by atoms with Gasteiger partial charge in [-0.2, -0.15) is 0 Å². The van der Waals surface area contributed by atoms with E-state index in [1.165, 1.54) is 0 Å². The molecule has 0 aromatic heterocycles. The van der Waals surface area contributed by atoms with E-state index < -0.39 is 6.09 Å². The van der Waals surface area contributed by atoms with Gasteiger partial charge in [0.2, 0.25) is 0 Å². The topological polar surface area (TPSA) is 55.4 Å². The number of ketones is 1. The van der Waals surface area contributed by atoms with Crippen LogP contribution in [-0.2, 0) is 0 Å². The SMILES string of the molecule is O=C(NCC(=O)c1ccccc1)Oc1ccccc1. The predicted octanol–water partition coefficient (Wildman–Crippen LogP) is 2.66. The number of hydrogen-bond donors (Lipinski definition) is 1. The Morgan fingerprint density at radius 1 is 0.895 bits per heavy atom. The number of ether oxygens (including phenoxy) is 1. The summed E-state index contributed by atoms with van der Waals surface area (Å²) in [6.45, 7) is -0.0876. The normalized spacial score (nSPS) is 9.68. The lowest BCUT2D eigenvalue weighted by atomic mass is 10.1. The summed E-state index contributed by atoms with van der Waals surface area (Å²) in [5.41, 5.74) is 0.558. The number of nitrogens with one attached hydrogen (secondary N) is 1. The molecule has 4 heteroatoms. The molecule has 0 saturated heterocycles. The molecule has 19 heavy (non-hydrogen) atoms. The zero-order chi connectivity index (χ0) is 13.5. The van der Waals surface area contributed by atoms with Gasteiger partial charge in [-0.25, -0.2) is 4.79 Å². The molecular weight excluding hydrogens is 242 g/mol. The Balaban J connectivity index is 1.83. The molecular formula is C15H13NO3. The molecule has 0 heterocycles. The van der Waals surface area contributed by atoms with Crippen molar-refractivity contribution in [3.8, 4) is 5.75 Å². The molecule has 1 N–H and O–H groups in total. The maximum absolute atomic E-state index is 11.7. The number of amides is 1. The van der Waals surface area contributed by atoms with Crippen LogP contribution < -0.4 is 10.1 Å². The van der Waals surface area contributed by atoms with Gasteiger partial charge in [0.25, 0.3) is 0 Å². The van der Waals surface area contributed by atoms with Crippen molar-refractivity contribution in [2.45, 2.75) is 0 Å². The fourth-order valence-corrected chi connectivity index (χ4v) is 1.51. The summed E-state index contributed by atoms with van der Waals surface area (Å²) >= 11 is 0. The average molecular weight is 255 g/mol. The first-order valence-corrected chi connectivity index (χ1v) is 5.84. The second kappa shape index (κ2) is 6.35. The third-order valence-corrected chi connectivity index (χ3v) is 2.44. The van der Waals surface area contributed by atoms with E-state index in [2.05, 4.69) is 5.32 Å². The lowest BCUT2D eigenvalue weighted by molar-refractivity contribution is 0.0988. The summed E-state index contributed by atoms with van der Waals surface area (Å²) in [6, 6.07) is 17.5. The minimum atomic E-state index is -0.643. The lowest BCUT2D eigenvalue weighted by Gasteiger charge is -2.05. The van der Waals surface area contributed by atoms with Gasteiger partial charge in [0.1, 0.15) is 5.75 Å². The fourth-order valence-electron chi connectivity index (χ4n) is 1.51. The number of Topliss-reactive ketones (excluding diaryl/α,β-unsaturated/α-hetero) is 1. The van der Waals surface area contributed by atoms with Crippen LogP contribution in [0.25, 0.3) is 0 Å². The first-order chi connectivity index (χ1) is 9.25. The van der Waals surface area contributed by atoms with Gasteiger partial charge in [-0.15, -0.1) is 0 Å². The molecule has 0 saturated carbocycles. The molecule has 0 radical (unpaired) electrons. The van der Waals surface area contributed by atoms with Crippen LogP contribution in [0.1, 0.15) is 10.4 Å². The molecule has 0 spiro atoms. The van der Waals surface area contributed by atoms with E-state index in [-0.39, 0.29) is 12.3 Å². The van der Waals surface area contributed by atoms with Gasteiger partial charge in [-0.3, -0.25) is 4.79 Å². The van der Waals surface area contributed by atoms with Crippen LogP contribution in [0.4, 0.5) is 4.79 Å². The molecule has 2 aromatic carbocycles. The minimum absolute atomic E-state index is 0.0876. The van der Waals surface area contributed by atoms with Gasteiger partial charge in [-0.1, -0.05) is 48.5 Å². The Hall–Kier alpha value is -2.62. The largest absolute Gasteiger partial charge is 0.412 e. The van der Waals surface area contributed by atoms with Crippen molar-refractivity contribution in [2.75, 3.05) is 6.54 Å². The van der Waals surface area contributed by atoms with Crippen LogP contribution in [0.15, 0.2) is 60.7 Å². The smallest absolute Gasteiger partial charge is 0.410 e. The second-order valence-electron chi connectivity index (χ2n) is 3.85. The molecule has 0 aliphatic heterocycles. The highest BCUT2D eigenvalue weighted by Crippen LogP contribution is 2.08. The summed E-state index contributed by atoms with van der Waals surface area (Å²) in [4.78, 5) is 23.2. The van der Waals surface area contributed by atoms with E-state index in [0.717, 1.165) is 0 Å². The van der Waals surface area contributed by atoms with Gasteiger partial charge in [-0.05, 0) is 12.1 Å². The van der Waals surface area contributed by atoms with Gasteiger partial charge in [0.15, 0.2) is 5.78 Å². The number of rotatable bonds is 4. The summed E-state index contributed by atoms with van der Waals surface area (Å²) in [7, 11) is 0. The Kier molecular flexibility index (Phi) is 4.29. The third kappa shape index (κ3) is 3.96. The molecule has 1 amide bonds. The van der Waals surface area contributed by atoms with Gasteiger partial charge in [0, 0.05) is 5.56 Å². The number of hydrogen-bond acceptors (Lipinski definition) is 3. The molecule has 0 unspecified atom stereocenters. The molecule has 2 aromatic rings. The summed E-state index contributed by atoms with van der Waals surface area (Å²) in [5, 5.41) is 2.42. The molecule has 0 atom stereocenters. The number of carbonyl (C=O) groups excluding carboxylic acids is 2. The zero-order valence-electron chi connectivity index (χ0n) is 10.2. The summed E-state index contributed by atoms with van der Waals surface area (Å²) < 4.78 is 5.00. The van der Waals surface area contributed by atoms with Crippen molar-refractivity contribution in [3.63, 3.8) is 0 Å². The molecule has 0 aliphatic carbocycles. The number of carbonyl (C=O) groups is 2. The second-order valence-corrected chi connectivity index (χ2v) is 3.85. The standard InChI is InChI=1S/C15H13NO3/c17-14(12-7-3-1-4-8-12)11-16-15(18)19-13-9-5-2-6-10-13/h1-10H,11H2,(H,16,18). The predicted molar refractivity (Wildman–Crippen MR) is 71.2 cm³/mol. The van der Waals surface area contributed by atoms with Crippen LogP contribution in [0.3, 0.4) is 0 Å². The van der Waals surface area contributed by atoms with Crippen LogP contribution in [0.2, 0.25) is 0 Å². The average Bonchev–Trinajstić information content (AvgIpc) is 2.47. The molecule has 2 rings (SSSR count). The van der Waals surface area contributed by atoms with E-state index in [1.807, 2.05) is 12.1 Å². The van der Waals surface area contributed by atoms with E-state index >= 15 is 0 Å². The molecule has 0 bridgehead atoms. The van der Waals surface area contributed by atoms with Crippen LogP contribution in [0.5, 0.6) is 5.75 Å². The van der Waals surface area contributed by atoms with E-state index in [1.54, 1.807) is 48.5 Å². The monoisotopic (exact) mass is 255 g/mol. The van der Waals surface area contributed by atoms with E-state index in [4.69, 9.17) is 4.74 Å². The highest BCUT2D eigenvalue weighted by atomic mass is 16.6. The van der Waals surface area contributed by atoms with Crippen LogP contribution in [-0.4, -0.2) is 18.4 Å². The van der Waals surface area contributed by atoms with Crippen molar-refractivity contribution in [1.29, 1.82) is 0 Å². The quantitative estimate of drug-likeness (QED) is 0.854. The lowest BCUT2D eigenvalue weighted by Crippen LogP contribution is -2.31. The van der Waals surface area contributed by atoms with Crippen LogP contribution in [0, 0.1) is 0 Å². The van der Waals surface area contributed by atoms with Gasteiger partial charge >= 0.3 is 6.09 Å². The zero-order valence-corrected chi connectivity index (χ0v) is 10.2. The number of benzene rings is 2. The van der Waals surface area contributed by atoms with Crippen molar-refractivity contribution in [1.82, 2.24) is 5.32 Å². The molecule has 0 aliphatic rings. The highest BCUT2D eigenvalue weighted by Gasteiger charge is 2.08. The maximum Gasteiger partial charge on any atom is 0.412 e. The van der Waals surface area contributed by atoms with Crippen molar-refractivity contribution < 1.29 is 14.3 Å².